The molecule has 6 atom stereocenters. The molecule has 2 fully saturated rings. The first kappa shape index (κ1) is 14.3. The third kappa shape index (κ3) is 2.91. The molecule has 1 saturated carbocycles. The molecule has 0 spiro atoms. The van der Waals surface area contributed by atoms with Gasteiger partial charge in [0.15, 0.2) is 0 Å². The highest BCUT2D eigenvalue weighted by atomic mass is 15.2. The molecule has 1 heterocycles. The van der Waals surface area contributed by atoms with Crippen LogP contribution in [0.5, 0.6) is 0 Å². The minimum atomic E-state index is 0.709. The van der Waals surface area contributed by atoms with Crippen molar-refractivity contribution in [3.05, 3.63) is 0 Å². The first-order valence-corrected chi connectivity index (χ1v) is 7.96. The minimum absolute atomic E-state index is 0.709. The summed E-state index contributed by atoms with van der Waals surface area (Å²) in [6.45, 7) is 11.0. The molecule has 1 aliphatic carbocycles. The van der Waals surface area contributed by atoms with Gasteiger partial charge in [-0.05, 0) is 57.4 Å². The van der Waals surface area contributed by atoms with E-state index in [1.165, 1.54) is 32.2 Å². The maximum atomic E-state index is 3.58. The summed E-state index contributed by atoms with van der Waals surface area (Å²) in [6.07, 6.45) is 5.54. The Morgan fingerprint density at radius 1 is 0.944 bits per heavy atom. The zero-order chi connectivity index (χ0) is 13.3. The summed E-state index contributed by atoms with van der Waals surface area (Å²) in [6, 6.07) is 2.23. The standard InChI is InChI=1S/C16H32N2/c1-11-6-7-15(17-5)16(9-11)18-10-12(2)8-13(3)14(18)4/h11-17H,6-10H2,1-5H3. The van der Waals surface area contributed by atoms with Crippen molar-refractivity contribution in [3.8, 4) is 0 Å². The lowest BCUT2D eigenvalue weighted by molar-refractivity contribution is 0.00413. The number of hydrogen-bond acceptors (Lipinski definition) is 2. The molecule has 2 rings (SSSR count). The van der Waals surface area contributed by atoms with Gasteiger partial charge in [-0.25, -0.2) is 0 Å². The number of rotatable bonds is 2. The van der Waals surface area contributed by atoms with Crippen LogP contribution in [0.3, 0.4) is 0 Å². The summed E-state index contributed by atoms with van der Waals surface area (Å²) in [7, 11) is 2.15. The van der Waals surface area contributed by atoms with Gasteiger partial charge in [0.2, 0.25) is 0 Å². The lowest BCUT2D eigenvalue weighted by Gasteiger charge is -2.50. The van der Waals surface area contributed by atoms with Crippen LogP contribution in [0.1, 0.15) is 53.4 Å². The van der Waals surface area contributed by atoms with E-state index >= 15 is 0 Å². The number of likely N-dealkylation sites (N-methyl/N-ethyl adjacent to an activating group) is 1. The van der Waals surface area contributed by atoms with E-state index in [0.29, 0.717) is 6.04 Å². The Kier molecular flexibility index (Phi) is 4.71. The van der Waals surface area contributed by atoms with Crippen LogP contribution in [0.15, 0.2) is 0 Å². The van der Waals surface area contributed by atoms with Gasteiger partial charge < -0.3 is 5.32 Å². The van der Waals surface area contributed by atoms with E-state index < -0.39 is 0 Å². The van der Waals surface area contributed by atoms with Crippen molar-refractivity contribution < 1.29 is 0 Å². The van der Waals surface area contributed by atoms with E-state index in [4.69, 9.17) is 0 Å². The number of hydrogen-bond donors (Lipinski definition) is 1. The number of piperidine rings is 1. The van der Waals surface area contributed by atoms with Crippen LogP contribution in [0, 0.1) is 17.8 Å². The fourth-order valence-corrected chi connectivity index (χ4v) is 4.25. The summed E-state index contributed by atoms with van der Waals surface area (Å²) in [5.74, 6) is 2.62. The molecular weight excluding hydrogens is 220 g/mol. The van der Waals surface area contributed by atoms with E-state index in [9.17, 15) is 0 Å². The summed E-state index contributed by atoms with van der Waals surface area (Å²) in [5, 5.41) is 3.58. The van der Waals surface area contributed by atoms with Crippen LogP contribution in [-0.2, 0) is 0 Å². The summed E-state index contributed by atoms with van der Waals surface area (Å²) in [5.41, 5.74) is 0. The topological polar surface area (TPSA) is 15.3 Å². The van der Waals surface area contributed by atoms with Gasteiger partial charge in [-0.1, -0.05) is 20.8 Å². The van der Waals surface area contributed by atoms with Gasteiger partial charge in [0.1, 0.15) is 0 Å². The van der Waals surface area contributed by atoms with E-state index in [2.05, 4.69) is 45.0 Å². The molecule has 1 saturated heterocycles. The highest BCUT2D eigenvalue weighted by Gasteiger charge is 2.38. The highest BCUT2D eigenvalue weighted by molar-refractivity contribution is 4.94. The van der Waals surface area contributed by atoms with Crippen LogP contribution in [0.25, 0.3) is 0 Å². The van der Waals surface area contributed by atoms with Crippen molar-refractivity contribution in [3.63, 3.8) is 0 Å². The molecule has 2 heteroatoms. The zero-order valence-corrected chi connectivity index (χ0v) is 12.9. The third-order valence-electron chi connectivity index (χ3n) is 5.52. The summed E-state index contributed by atoms with van der Waals surface area (Å²) >= 11 is 0. The van der Waals surface area contributed by atoms with Crippen molar-refractivity contribution in [2.24, 2.45) is 17.8 Å². The first-order valence-electron chi connectivity index (χ1n) is 7.96. The Hall–Kier alpha value is -0.0800. The van der Waals surface area contributed by atoms with Crippen LogP contribution >= 0.6 is 0 Å². The largest absolute Gasteiger partial charge is 0.315 e. The summed E-state index contributed by atoms with van der Waals surface area (Å²) in [4.78, 5) is 2.83. The number of nitrogens with one attached hydrogen (secondary N) is 1. The van der Waals surface area contributed by atoms with Gasteiger partial charge in [0.05, 0.1) is 0 Å². The van der Waals surface area contributed by atoms with Crippen LogP contribution in [0.4, 0.5) is 0 Å². The van der Waals surface area contributed by atoms with Crippen LogP contribution in [0.2, 0.25) is 0 Å². The van der Waals surface area contributed by atoms with Crippen molar-refractivity contribution in [1.82, 2.24) is 10.2 Å². The maximum absolute atomic E-state index is 3.58. The Bertz CT molecular complexity index is 260. The Labute approximate surface area is 114 Å². The Morgan fingerprint density at radius 3 is 2.33 bits per heavy atom. The van der Waals surface area contributed by atoms with Gasteiger partial charge in [-0.2, -0.15) is 0 Å². The number of likely N-dealkylation sites (tertiary alicyclic amines) is 1. The predicted octanol–water partition coefficient (Wildman–Crippen LogP) is 3.13. The SMILES string of the molecule is CNC1CCC(C)CC1N1CC(C)CC(C)C1C. The molecule has 2 nitrogen and oxygen atoms in total. The average Bonchev–Trinajstić information content (AvgIpc) is 2.33. The second-order valence-corrected chi connectivity index (χ2v) is 7.14. The lowest BCUT2D eigenvalue weighted by atomic mass is 9.78. The molecular formula is C16H32N2. The molecule has 1 aliphatic heterocycles. The third-order valence-corrected chi connectivity index (χ3v) is 5.52. The fraction of sp³-hybridized carbons (Fsp3) is 1.00. The molecule has 0 amide bonds. The molecule has 2 aliphatic rings. The zero-order valence-electron chi connectivity index (χ0n) is 12.9. The van der Waals surface area contributed by atoms with E-state index in [1.807, 2.05) is 0 Å². The summed E-state index contributed by atoms with van der Waals surface area (Å²) < 4.78 is 0. The maximum Gasteiger partial charge on any atom is 0.0254 e. The Morgan fingerprint density at radius 2 is 1.67 bits per heavy atom. The molecule has 0 radical (unpaired) electrons. The molecule has 106 valence electrons. The molecule has 0 bridgehead atoms. The van der Waals surface area contributed by atoms with Crippen LogP contribution < -0.4 is 5.32 Å². The normalized spacial score (nSPS) is 47.2. The second kappa shape index (κ2) is 5.92. The average molecular weight is 252 g/mol. The van der Waals surface area contributed by atoms with Gasteiger partial charge in [-0.3, -0.25) is 4.90 Å². The molecule has 0 aromatic rings. The predicted molar refractivity (Wildman–Crippen MR) is 78.8 cm³/mol. The van der Waals surface area contributed by atoms with Crippen molar-refractivity contribution in [2.45, 2.75) is 71.5 Å². The van der Waals surface area contributed by atoms with Gasteiger partial charge in [-0.15, -0.1) is 0 Å². The second-order valence-electron chi connectivity index (χ2n) is 7.14. The first-order chi connectivity index (χ1) is 8.52. The van der Waals surface area contributed by atoms with E-state index in [1.54, 1.807) is 0 Å². The van der Waals surface area contributed by atoms with E-state index in [0.717, 1.165) is 29.8 Å². The van der Waals surface area contributed by atoms with Crippen LogP contribution in [-0.4, -0.2) is 36.6 Å². The smallest absolute Gasteiger partial charge is 0.0254 e. The lowest BCUT2D eigenvalue weighted by Crippen LogP contribution is -2.59. The van der Waals surface area contributed by atoms with Crippen molar-refractivity contribution >= 4 is 0 Å². The van der Waals surface area contributed by atoms with Gasteiger partial charge >= 0.3 is 0 Å². The molecule has 0 aromatic heterocycles. The molecule has 1 N–H and O–H groups in total. The molecule has 18 heavy (non-hydrogen) atoms. The Balaban J connectivity index is 2.10. The minimum Gasteiger partial charge on any atom is -0.315 e. The molecule has 0 aromatic carbocycles. The van der Waals surface area contributed by atoms with E-state index in [-0.39, 0.29) is 0 Å². The quantitative estimate of drug-likeness (QED) is 0.812. The van der Waals surface area contributed by atoms with Crippen molar-refractivity contribution in [1.29, 1.82) is 0 Å². The monoisotopic (exact) mass is 252 g/mol. The molecule has 6 unspecified atom stereocenters. The van der Waals surface area contributed by atoms with Crippen molar-refractivity contribution in [2.75, 3.05) is 13.6 Å². The van der Waals surface area contributed by atoms with Gasteiger partial charge in [0, 0.05) is 24.7 Å². The highest BCUT2D eigenvalue weighted by Crippen LogP contribution is 2.35. The fourth-order valence-electron chi connectivity index (χ4n) is 4.25. The number of nitrogens with zero attached hydrogens (tertiary/aromatic N) is 1. The van der Waals surface area contributed by atoms with Gasteiger partial charge in [0.25, 0.3) is 0 Å².